The number of benzene rings is 1. The lowest BCUT2D eigenvalue weighted by Crippen LogP contribution is -2.08. The standard InChI is InChI=1S/C11H14BrNS/c1-2-3-7-11(14)13-10-6-4-5-9(12)8-10/h4-6,8H,2-3,7H2,1H3,(H,13,14). The van der Waals surface area contributed by atoms with Crippen molar-refractivity contribution < 1.29 is 0 Å². The summed E-state index contributed by atoms with van der Waals surface area (Å²) in [5.41, 5.74) is 1.06. The molecule has 1 rings (SSSR count). The van der Waals surface area contributed by atoms with E-state index in [9.17, 15) is 0 Å². The van der Waals surface area contributed by atoms with Crippen LogP contribution in [0.15, 0.2) is 28.7 Å². The summed E-state index contributed by atoms with van der Waals surface area (Å²) in [5, 5.41) is 3.22. The van der Waals surface area contributed by atoms with Gasteiger partial charge < -0.3 is 5.32 Å². The molecule has 3 heteroatoms. The molecular weight excluding hydrogens is 258 g/mol. The fourth-order valence-electron chi connectivity index (χ4n) is 1.13. The molecule has 0 atom stereocenters. The molecule has 0 heterocycles. The summed E-state index contributed by atoms with van der Waals surface area (Å²) in [7, 11) is 0. The SMILES string of the molecule is CCCCC(=S)Nc1cccc(Br)c1. The monoisotopic (exact) mass is 271 g/mol. The molecule has 1 nitrogen and oxygen atoms in total. The first-order valence-electron chi connectivity index (χ1n) is 4.78. The summed E-state index contributed by atoms with van der Waals surface area (Å²) < 4.78 is 1.07. The second-order valence-corrected chi connectivity index (χ2v) is 4.57. The van der Waals surface area contributed by atoms with Crippen LogP contribution >= 0.6 is 28.1 Å². The summed E-state index contributed by atoms with van der Waals surface area (Å²) in [6.45, 7) is 2.17. The van der Waals surface area contributed by atoms with Gasteiger partial charge in [-0.25, -0.2) is 0 Å². The highest BCUT2D eigenvalue weighted by atomic mass is 79.9. The molecule has 0 spiro atoms. The Morgan fingerprint density at radius 3 is 2.93 bits per heavy atom. The zero-order valence-electron chi connectivity index (χ0n) is 8.22. The van der Waals surface area contributed by atoms with Gasteiger partial charge in [0.2, 0.25) is 0 Å². The van der Waals surface area contributed by atoms with E-state index in [2.05, 4.69) is 28.2 Å². The minimum absolute atomic E-state index is 0.921. The van der Waals surface area contributed by atoms with Crippen LogP contribution < -0.4 is 5.32 Å². The summed E-state index contributed by atoms with van der Waals surface area (Å²) in [6.07, 6.45) is 3.30. The summed E-state index contributed by atoms with van der Waals surface area (Å²) in [6, 6.07) is 8.04. The van der Waals surface area contributed by atoms with Crippen molar-refractivity contribution in [3.63, 3.8) is 0 Å². The number of halogens is 1. The lowest BCUT2D eigenvalue weighted by atomic mass is 10.2. The van der Waals surface area contributed by atoms with Gasteiger partial charge in [0.15, 0.2) is 0 Å². The van der Waals surface area contributed by atoms with E-state index in [0.717, 1.165) is 28.0 Å². The van der Waals surface area contributed by atoms with E-state index in [1.165, 1.54) is 6.42 Å². The maximum absolute atomic E-state index is 5.22. The summed E-state index contributed by atoms with van der Waals surface area (Å²) >= 11 is 8.64. The first kappa shape index (κ1) is 11.7. The van der Waals surface area contributed by atoms with Crippen molar-refractivity contribution in [2.75, 3.05) is 5.32 Å². The number of anilines is 1. The predicted molar refractivity (Wildman–Crippen MR) is 69.9 cm³/mol. The highest BCUT2D eigenvalue weighted by molar-refractivity contribution is 9.10. The largest absolute Gasteiger partial charge is 0.350 e. The van der Waals surface area contributed by atoms with Crippen molar-refractivity contribution >= 4 is 38.8 Å². The lowest BCUT2D eigenvalue weighted by molar-refractivity contribution is 0.839. The number of hydrogen-bond donors (Lipinski definition) is 1. The number of rotatable bonds is 4. The zero-order chi connectivity index (χ0) is 10.4. The average Bonchev–Trinajstić information content (AvgIpc) is 2.15. The fraction of sp³-hybridized carbons (Fsp3) is 0.364. The van der Waals surface area contributed by atoms with Crippen LogP contribution in [0.3, 0.4) is 0 Å². The second-order valence-electron chi connectivity index (χ2n) is 3.16. The second kappa shape index (κ2) is 6.14. The molecule has 0 radical (unpaired) electrons. The third kappa shape index (κ3) is 4.20. The fourth-order valence-corrected chi connectivity index (χ4v) is 1.79. The molecule has 0 amide bonds. The van der Waals surface area contributed by atoms with Gasteiger partial charge in [-0.2, -0.15) is 0 Å². The first-order chi connectivity index (χ1) is 6.72. The van der Waals surface area contributed by atoms with Gasteiger partial charge in [-0.3, -0.25) is 0 Å². The Morgan fingerprint density at radius 2 is 2.29 bits per heavy atom. The molecule has 76 valence electrons. The molecule has 0 bridgehead atoms. The molecule has 1 N–H and O–H groups in total. The van der Waals surface area contributed by atoms with E-state index in [-0.39, 0.29) is 0 Å². The minimum atomic E-state index is 0.921. The predicted octanol–water partition coefficient (Wildman–Crippen LogP) is 4.38. The molecule has 0 aromatic heterocycles. The van der Waals surface area contributed by atoms with E-state index >= 15 is 0 Å². The lowest BCUT2D eigenvalue weighted by Gasteiger charge is -2.07. The van der Waals surface area contributed by atoms with Crippen LogP contribution in [-0.4, -0.2) is 4.99 Å². The van der Waals surface area contributed by atoms with E-state index in [1.807, 2.05) is 24.3 Å². The van der Waals surface area contributed by atoms with Crippen LogP contribution in [-0.2, 0) is 0 Å². The van der Waals surface area contributed by atoms with Gasteiger partial charge in [0, 0.05) is 10.2 Å². The number of thiocarbonyl (C=S) groups is 1. The van der Waals surface area contributed by atoms with Crippen molar-refractivity contribution in [3.05, 3.63) is 28.7 Å². The van der Waals surface area contributed by atoms with Crippen LogP contribution in [0, 0.1) is 0 Å². The van der Waals surface area contributed by atoms with Gasteiger partial charge >= 0.3 is 0 Å². The van der Waals surface area contributed by atoms with Crippen molar-refractivity contribution in [3.8, 4) is 0 Å². The molecule has 0 saturated carbocycles. The molecule has 0 aliphatic rings. The quantitative estimate of drug-likeness (QED) is 0.816. The highest BCUT2D eigenvalue weighted by Crippen LogP contribution is 2.16. The maximum Gasteiger partial charge on any atom is 0.0797 e. The summed E-state index contributed by atoms with van der Waals surface area (Å²) in [5.74, 6) is 0. The maximum atomic E-state index is 5.22. The molecule has 1 aromatic carbocycles. The molecular formula is C11H14BrNS. The van der Waals surface area contributed by atoms with Crippen molar-refractivity contribution in [1.29, 1.82) is 0 Å². The molecule has 0 aliphatic heterocycles. The third-order valence-corrected chi connectivity index (χ3v) is 2.67. The summed E-state index contributed by atoms with van der Waals surface area (Å²) in [4.78, 5) is 0.921. The molecule has 1 aromatic rings. The van der Waals surface area contributed by atoms with Gasteiger partial charge in [0.05, 0.1) is 4.99 Å². The third-order valence-electron chi connectivity index (χ3n) is 1.87. The zero-order valence-corrected chi connectivity index (χ0v) is 10.6. The van der Waals surface area contributed by atoms with Gasteiger partial charge in [-0.1, -0.05) is 47.6 Å². The van der Waals surface area contributed by atoms with Crippen molar-refractivity contribution in [1.82, 2.24) is 0 Å². The Hall–Kier alpha value is -0.410. The van der Waals surface area contributed by atoms with Crippen LogP contribution in [0.4, 0.5) is 5.69 Å². The van der Waals surface area contributed by atoms with Crippen LogP contribution in [0.25, 0.3) is 0 Å². The topological polar surface area (TPSA) is 12.0 Å². The van der Waals surface area contributed by atoms with E-state index in [1.54, 1.807) is 0 Å². The van der Waals surface area contributed by atoms with Gasteiger partial charge in [-0.15, -0.1) is 0 Å². The van der Waals surface area contributed by atoms with Gasteiger partial charge in [-0.05, 0) is 31.0 Å². The molecule has 0 unspecified atom stereocenters. The van der Waals surface area contributed by atoms with Crippen LogP contribution in [0.5, 0.6) is 0 Å². The molecule has 0 aliphatic carbocycles. The Bertz CT molecular complexity index is 312. The Morgan fingerprint density at radius 1 is 1.50 bits per heavy atom. The van der Waals surface area contributed by atoms with Crippen LogP contribution in [0.1, 0.15) is 26.2 Å². The molecule has 0 saturated heterocycles. The first-order valence-corrected chi connectivity index (χ1v) is 5.98. The van der Waals surface area contributed by atoms with Gasteiger partial charge in [0.25, 0.3) is 0 Å². The normalized spacial score (nSPS) is 9.86. The Balaban J connectivity index is 2.47. The van der Waals surface area contributed by atoms with Gasteiger partial charge in [0.1, 0.15) is 0 Å². The Kier molecular flexibility index (Phi) is 5.12. The van der Waals surface area contributed by atoms with E-state index in [4.69, 9.17) is 12.2 Å². The number of hydrogen-bond acceptors (Lipinski definition) is 1. The minimum Gasteiger partial charge on any atom is -0.350 e. The number of nitrogens with one attached hydrogen (secondary N) is 1. The molecule has 0 fully saturated rings. The highest BCUT2D eigenvalue weighted by Gasteiger charge is 1.97. The molecule has 14 heavy (non-hydrogen) atoms. The van der Waals surface area contributed by atoms with E-state index < -0.39 is 0 Å². The smallest absolute Gasteiger partial charge is 0.0797 e. The average molecular weight is 272 g/mol. The van der Waals surface area contributed by atoms with Crippen molar-refractivity contribution in [2.24, 2.45) is 0 Å². The van der Waals surface area contributed by atoms with Crippen LogP contribution in [0.2, 0.25) is 0 Å². The van der Waals surface area contributed by atoms with Crippen molar-refractivity contribution in [2.45, 2.75) is 26.2 Å². The number of unbranched alkanes of at least 4 members (excludes halogenated alkanes) is 1. The Labute approximate surface area is 99.0 Å². The van der Waals surface area contributed by atoms with E-state index in [0.29, 0.717) is 0 Å².